The molecule has 1 aliphatic rings. The fourth-order valence-corrected chi connectivity index (χ4v) is 2.18. The van der Waals surface area contributed by atoms with Gasteiger partial charge in [-0.05, 0) is 24.6 Å². The average Bonchev–Trinajstić information content (AvgIpc) is 2.54. The van der Waals surface area contributed by atoms with Crippen LogP contribution in [0.5, 0.6) is 0 Å². The molecule has 15 heavy (non-hydrogen) atoms. The summed E-state index contributed by atoms with van der Waals surface area (Å²) < 4.78 is 0. The first-order valence-corrected chi connectivity index (χ1v) is 5.19. The molecule has 2 rings (SSSR count). The van der Waals surface area contributed by atoms with Crippen LogP contribution in [0.15, 0.2) is 24.5 Å². The van der Waals surface area contributed by atoms with Gasteiger partial charge in [-0.25, -0.2) is 0 Å². The molecule has 2 N–H and O–H groups in total. The molecule has 0 spiro atoms. The molecule has 0 aliphatic carbocycles. The number of nitrogens with two attached hydrogens (primary N) is 1. The molecule has 0 radical (unpaired) electrons. The van der Waals surface area contributed by atoms with Crippen LogP contribution < -0.4 is 5.73 Å². The van der Waals surface area contributed by atoms with E-state index in [-0.39, 0.29) is 18.0 Å². The number of hydrogen-bond acceptors (Lipinski definition) is 3. The lowest BCUT2D eigenvalue weighted by atomic mass is 10.0. The summed E-state index contributed by atoms with van der Waals surface area (Å²) in [5, 5.41) is 0. The monoisotopic (exact) mass is 205 g/mol. The highest BCUT2D eigenvalue weighted by atomic mass is 16.2. The van der Waals surface area contributed by atoms with E-state index in [0.717, 1.165) is 5.56 Å². The lowest BCUT2D eigenvalue weighted by Gasteiger charge is -2.25. The van der Waals surface area contributed by atoms with Crippen LogP contribution in [-0.4, -0.2) is 28.4 Å². The zero-order chi connectivity index (χ0) is 10.8. The molecule has 0 unspecified atom stereocenters. The molecular weight excluding hydrogens is 190 g/mol. The van der Waals surface area contributed by atoms with Gasteiger partial charge in [0, 0.05) is 31.4 Å². The Kier molecular flexibility index (Phi) is 2.68. The summed E-state index contributed by atoms with van der Waals surface area (Å²) in [7, 11) is 0. The number of carbonyl (C=O) groups excluding carboxylic acids is 1. The van der Waals surface area contributed by atoms with E-state index in [9.17, 15) is 4.79 Å². The maximum absolute atomic E-state index is 11.6. The summed E-state index contributed by atoms with van der Waals surface area (Å²) in [6, 6.07) is 3.77. The lowest BCUT2D eigenvalue weighted by Crippen LogP contribution is -2.32. The van der Waals surface area contributed by atoms with E-state index in [4.69, 9.17) is 5.73 Å². The minimum absolute atomic E-state index is 0.0190. The van der Waals surface area contributed by atoms with E-state index in [0.29, 0.717) is 13.0 Å². The second kappa shape index (κ2) is 3.98. The zero-order valence-electron chi connectivity index (χ0n) is 8.76. The van der Waals surface area contributed by atoms with Crippen LogP contribution in [0.25, 0.3) is 0 Å². The minimum Gasteiger partial charge on any atom is -0.334 e. The quantitative estimate of drug-likeness (QED) is 0.773. The number of pyridine rings is 1. The molecular formula is C11H15N3O. The molecule has 1 aromatic rings. The van der Waals surface area contributed by atoms with E-state index < -0.39 is 0 Å². The predicted molar refractivity (Wildman–Crippen MR) is 57.0 cm³/mol. The summed E-state index contributed by atoms with van der Waals surface area (Å²) in [5.41, 5.74) is 7.06. The molecule has 1 fully saturated rings. The van der Waals surface area contributed by atoms with Gasteiger partial charge in [-0.1, -0.05) is 0 Å². The van der Waals surface area contributed by atoms with Crippen molar-refractivity contribution in [1.82, 2.24) is 9.88 Å². The smallest absolute Gasteiger partial charge is 0.224 e. The highest BCUT2D eigenvalue weighted by molar-refractivity contribution is 5.80. The molecule has 1 aromatic heterocycles. The third-order valence-corrected chi connectivity index (χ3v) is 2.86. The highest BCUT2D eigenvalue weighted by Crippen LogP contribution is 2.31. The molecule has 4 heteroatoms. The third-order valence-electron chi connectivity index (χ3n) is 2.86. The summed E-state index contributed by atoms with van der Waals surface area (Å²) >= 11 is 0. The normalized spacial score (nSPS) is 26.0. The predicted octanol–water partition coefficient (Wildman–Crippen LogP) is 0.702. The van der Waals surface area contributed by atoms with Crippen molar-refractivity contribution < 1.29 is 4.79 Å². The molecule has 1 aliphatic heterocycles. The van der Waals surface area contributed by atoms with Gasteiger partial charge in [0.25, 0.3) is 0 Å². The summed E-state index contributed by atoms with van der Waals surface area (Å²) in [6.07, 6.45) is 3.91. The topological polar surface area (TPSA) is 59.2 Å². The highest BCUT2D eigenvalue weighted by Gasteiger charge is 2.37. The maximum Gasteiger partial charge on any atom is 0.224 e. The molecule has 2 atom stereocenters. The summed E-state index contributed by atoms with van der Waals surface area (Å²) in [4.78, 5) is 17.4. The van der Waals surface area contributed by atoms with Gasteiger partial charge in [0.05, 0.1) is 6.04 Å². The van der Waals surface area contributed by atoms with Gasteiger partial charge in [-0.2, -0.15) is 0 Å². The number of likely N-dealkylation sites (N-methyl/N-ethyl adjacent to an activating group) is 1. The first kappa shape index (κ1) is 10.1. The van der Waals surface area contributed by atoms with E-state index in [2.05, 4.69) is 4.98 Å². The molecule has 80 valence electrons. The van der Waals surface area contributed by atoms with Crippen LogP contribution in [0.1, 0.15) is 24.9 Å². The zero-order valence-corrected chi connectivity index (χ0v) is 8.76. The van der Waals surface area contributed by atoms with E-state index in [1.165, 1.54) is 0 Å². The van der Waals surface area contributed by atoms with Gasteiger partial charge in [-0.3, -0.25) is 9.78 Å². The number of carbonyl (C=O) groups is 1. The standard InChI is InChI=1S/C11H15N3O/c1-2-14-10(15)7-9(12)11(14)8-3-5-13-6-4-8/h3-6,9,11H,2,7,12H2,1H3/t9-,11+/m0/s1. The van der Waals surface area contributed by atoms with Gasteiger partial charge in [0.2, 0.25) is 5.91 Å². The molecule has 4 nitrogen and oxygen atoms in total. The minimum atomic E-state index is -0.0974. The molecule has 0 aromatic carbocycles. The van der Waals surface area contributed by atoms with Gasteiger partial charge >= 0.3 is 0 Å². The SMILES string of the molecule is CCN1C(=O)C[C@H](N)[C@H]1c1ccncc1. The van der Waals surface area contributed by atoms with Crippen molar-refractivity contribution >= 4 is 5.91 Å². The molecule has 1 amide bonds. The van der Waals surface area contributed by atoms with Gasteiger partial charge in [-0.15, -0.1) is 0 Å². The van der Waals surface area contributed by atoms with Gasteiger partial charge in [0.15, 0.2) is 0 Å². The van der Waals surface area contributed by atoms with Crippen LogP contribution in [0.3, 0.4) is 0 Å². The largest absolute Gasteiger partial charge is 0.334 e. The Morgan fingerprint density at radius 2 is 2.20 bits per heavy atom. The fraction of sp³-hybridized carbons (Fsp3) is 0.455. The Hall–Kier alpha value is -1.42. The van der Waals surface area contributed by atoms with Crippen molar-refractivity contribution in [2.45, 2.75) is 25.4 Å². The summed E-state index contributed by atoms with van der Waals surface area (Å²) in [6.45, 7) is 2.68. The number of amides is 1. The Morgan fingerprint density at radius 1 is 1.53 bits per heavy atom. The fourth-order valence-electron chi connectivity index (χ4n) is 2.18. The lowest BCUT2D eigenvalue weighted by molar-refractivity contribution is -0.128. The molecule has 1 saturated heterocycles. The van der Waals surface area contributed by atoms with Crippen molar-refractivity contribution in [3.63, 3.8) is 0 Å². The third kappa shape index (κ3) is 1.72. The van der Waals surface area contributed by atoms with Crippen LogP contribution >= 0.6 is 0 Å². The molecule has 0 saturated carbocycles. The Labute approximate surface area is 89.1 Å². The van der Waals surface area contributed by atoms with Crippen molar-refractivity contribution in [1.29, 1.82) is 0 Å². The number of hydrogen-bond donors (Lipinski definition) is 1. The van der Waals surface area contributed by atoms with E-state index in [1.54, 1.807) is 12.4 Å². The molecule has 2 heterocycles. The van der Waals surface area contributed by atoms with E-state index >= 15 is 0 Å². The van der Waals surface area contributed by atoms with Crippen molar-refractivity contribution in [3.05, 3.63) is 30.1 Å². The van der Waals surface area contributed by atoms with Crippen molar-refractivity contribution in [2.75, 3.05) is 6.54 Å². The number of aromatic nitrogens is 1. The second-order valence-electron chi connectivity index (χ2n) is 3.77. The Balaban J connectivity index is 2.31. The first-order valence-electron chi connectivity index (χ1n) is 5.19. The average molecular weight is 205 g/mol. The van der Waals surface area contributed by atoms with Gasteiger partial charge < -0.3 is 10.6 Å². The Bertz CT molecular complexity index is 352. The van der Waals surface area contributed by atoms with E-state index in [1.807, 2.05) is 24.0 Å². The van der Waals surface area contributed by atoms with Gasteiger partial charge in [0.1, 0.15) is 0 Å². The van der Waals surface area contributed by atoms with Crippen LogP contribution in [0.2, 0.25) is 0 Å². The van der Waals surface area contributed by atoms with Crippen molar-refractivity contribution in [2.24, 2.45) is 5.73 Å². The maximum atomic E-state index is 11.6. The Morgan fingerprint density at radius 3 is 2.80 bits per heavy atom. The number of likely N-dealkylation sites (tertiary alicyclic amines) is 1. The van der Waals surface area contributed by atoms with Crippen LogP contribution in [0, 0.1) is 0 Å². The van der Waals surface area contributed by atoms with Crippen LogP contribution in [-0.2, 0) is 4.79 Å². The van der Waals surface area contributed by atoms with Crippen LogP contribution in [0.4, 0.5) is 0 Å². The molecule has 0 bridgehead atoms. The second-order valence-corrected chi connectivity index (χ2v) is 3.77. The number of rotatable bonds is 2. The number of nitrogens with zero attached hydrogens (tertiary/aromatic N) is 2. The summed E-state index contributed by atoms with van der Waals surface area (Å²) in [5.74, 6) is 0.145. The van der Waals surface area contributed by atoms with Crippen molar-refractivity contribution in [3.8, 4) is 0 Å². The first-order chi connectivity index (χ1) is 7.24.